The second kappa shape index (κ2) is 5.28. The fourth-order valence-corrected chi connectivity index (χ4v) is 2.86. The van der Waals surface area contributed by atoms with Crippen molar-refractivity contribution in [1.29, 1.82) is 0 Å². The van der Waals surface area contributed by atoms with Gasteiger partial charge in [-0.15, -0.1) is 0 Å². The van der Waals surface area contributed by atoms with Gasteiger partial charge < -0.3 is 9.84 Å². The zero-order chi connectivity index (χ0) is 13.2. The lowest BCUT2D eigenvalue weighted by Gasteiger charge is -2.20. The SMILES string of the molecule is O=C(O)C1CCc2nc(CC3CCOCC3)nn2C1. The molecule has 2 aliphatic rings. The molecule has 19 heavy (non-hydrogen) atoms. The predicted octanol–water partition coefficient (Wildman–Crippen LogP) is 0.894. The molecule has 1 N–H and O–H groups in total. The highest BCUT2D eigenvalue weighted by atomic mass is 16.5. The van der Waals surface area contributed by atoms with Crippen LogP contribution in [0.25, 0.3) is 0 Å². The topological polar surface area (TPSA) is 77.2 Å². The molecule has 0 spiro atoms. The highest BCUT2D eigenvalue weighted by Crippen LogP contribution is 2.22. The monoisotopic (exact) mass is 265 g/mol. The fraction of sp³-hybridized carbons (Fsp3) is 0.769. The number of hydrogen-bond donors (Lipinski definition) is 1. The summed E-state index contributed by atoms with van der Waals surface area (Å²) in [5, 5.41) is 13.5. The number of carboxylic acids is 1. The minimum atomic E-state index is -0.730. The lowest BCUT2D eigenvalue weighted by atomic mass is 9.96. The van der Waals surface area contributed by atoms with Gasteiger partial charge in [-0.1, -0.05) is 0 Å². The molecule has 1 fully saturated rings. The van der Waals surface area contributed by atoms with E-state index in [1.807, 2.05) is 0 Å². The molecule has 6 nitrogen and oxygen atoms in total. The molecule has 0 aliphatic carbocycles. The maximum absolute atomic E-state index is 11.0. The summed E-state index contributed by atoms with van der Waals surface area (Å²) in [6, 6.07) is 0. The second-order valence-electron chi connectivity index (χ2n) is 5.46. The van der Waals surface area contributed by atoms with Crippen LogP contribution in [0.2, 0.25) is 0 Å². The Balaban J connectivity index is 1.67. The molecule has 0 saturated carbocycles. The molecule has 2 aliphatic heterocycles. The number of hydrogen-bond acceptors (Lipinski definition) is 4. The average Bonchev–Trinajstić information content (AvgIpc) is 2.80. The van der Waals surface area contributed by atoms with E-state index in [0.29, 0.717) is 18.9 Å². The van der Waals surface area contributed by atoms with Crippen molar-refractivity contribution in [2.75, 3.05) is 13.2 Å². The summed E-state index contributed by atoms with van der Waals surface area (Å²) >= 11 is 0. The van der Waals surface area contributed by atoms with Gasteiger partial charge in [0.25, 0.3) is 0 Å². The molecule has 6 heteroatoms. The Morgan fingerprint density at radius 2 is 2.16 bits per heavy atom. The van der Waals surface area contributed by atoms with Crippen LogP contribution in [0, 0.1) is 11.8 Å². The number of carbonyl (C=O) groups is 1. The molecule has 1 atom stereocenters. The van der Waals surface area contributed by atoms with Crippen molar-refractivity contribution in [3.05, 3.63) is 11.6 Å². The Morgan fingerprint density at radius 3 is 2.89 bits per heavy atom. The summed E-state index contributed by atoms with van der Waals surface area (Å²) in [7, 11) is 0. The summed E-state index contributed by atoms with van der Waals surface area (Å²) in [5.74, 6) is 1.37. The largest absolute Gasteiger partial charge is 0.481 e. The summed E-state index contributed by atoms with van der Waals surface area (Å²) in [6.07, 6.45) is 4.42. The van der Waals surface area contributed by atoms with Gasteiger partial charge in [0.05, 0.1) is 12.5 Å². The van der Waals surface area contributed by atoms with E-state index >= 15 is 0 Å². The van der Waals surface area contributed by atoms with Crippen molar-refractivity contribution in [2.45, 2.75) is 38.6 Å². The molecule has 1 aromatic rings. The third-order valence-corrected chi connectivity index (χ3v) is 4.06. The van der Waals surface area contributed by atoms with E-state index in [2.05, 4.69) is 10.1 Å². The fourth-order valence-electron chi connectivity index (χ4n) is 2.86. The molecule has 3 heterocycles. The van der Waals surface area contributed by atoms with Gasteiger partial charge >= 0.3 is 5.97 Å². The van der Waals surface area contributed by atoms with Gasteiger partial charge in [0.15, 0.2) is 5.82 Å². The highest BCUT2D eigenvalue weighted by Gasteiger charge is 2.27. The minimum Gasteiger partial charge on any atom is -0.481 e. The Labute approximate surface area is 111 Å². The van der Waals surface area contributed by atoms with Crippen LogP contribution in [0.3, 0.4) is 0 Å². The van der Waals surface area contributed by atoms with Crippen LogP contribution in [0.4, 0.5) is 0 Å². The Kier molecular flexibility index (Phi) is 3.50. The normalized spacial score (nSPS) is 24.1. The highest BCUT2D eigenvalue weighted by molar-refractivity contribution is 5.70. The number of aromatic nitrogens is 3. The first-order valence-corrected chi connectivity index (χ1v) is 6.95. The van der Waals surface area contributed by atoms with Crippen LogP contribution in [-0.4, -0.2) is 39.1 Å². The first kappa shape index (κ1) is 12.6. The van der Waals surface area contributed by atoms with E-state index < -0.39 is 5.97 Å². The quantitative estimate of drug-likeness (QED) is 0.878. The maximum atomic E-state index is 11.0. The molecule has 0 aromatic carbocycles. The first-order valence-electron chi connectivity index (χ1n) is 6.95. The summed E-state index contributed by atoms with van der Waals surface area (Å²) in [5.41, 5.74) is 0. The molecule has 0 bridgehead atoms. The number of fused-ring (bicyclic) bond motifs is 1. The number of nitrogens with zero attached hydrogens (tertiary/aromatic N) is 3. The van der Waals surface area contributed by atoms with Crippen molar-refractivity contribution in [1.82, 2.24) is 14.8 Å². The molecule has 0 amide bonds. The number of aliphatic carboxylic acids is 1. The molecule has 3 rings (SSSR count). The number of ether oxygens (including phenoxy) is 1. The molecule has 104 valence electrons. The van der Waals surface area contributed by atoms with Crippen molar-refractivity contribution >= 4 is 5.97 Å². The molecule has 1 saturated heterocycles. The van der Waals surface area contributed by atoms with E-state index in [-0.39, 0.29) is 5.92 Å². The van der Waals surface area contributed by atoms with Crippen molar-refractivity contribution in [3.8, 4) is 0 Å². The number of rotatable bonds is 3. The first-order chi connectivity index (χ1) is 9.22. The van der Waals surface area contributed by atoms with Gasteiger partial charge in [-0.05, 0) is 25.2 Å². The lowest BCUT2D eigenvalue weighted by molar-refractivity contribution is -0.142. The standard InChI is InChI=1S/C13H19N3O3/c17-13(18)10-1-2-12-14-11(15-16(12)8-10)7-9-3-5-19-6-4-9/h9-10H,1-8H2,(H,17,18). The maximum Gasteiger partial charge on any atom is 0.308 e. The zero-order valence-corrected chi connectivity index (χ0v) is 10.9. The van der Waals surface area contributed by atoms with E-state index in [1.54, 1.807) is 4.68 Å². The molecular formula is C13H19N3O3. The Hall–Kier alpha value is -1.43. The summed E-state index contributed by atoms with van der Waals surface area (Å²) in [6.45, 7) is 2.13. The van der Waals surface area contributed by atoms with Gasteiger partial charge in [-0.3, -0.25) is 4.79 Å². The third kappa shape index (κ3) is 2.78. The molecule has 0 radical (unpaired) electrons. The van der Waals surface area contributed by atoms with Crippen molar-refractivity contribution in [2.24, 2.45) is 11.8 Å². The van der Waals surface area contributed by atoms with Crippen LogP contribution < -0.4 is 0 Å². The Morgan fingerprint density at radius 1 is 1.37 bits per heavy atom. The van der Waals surface area contributed by atoms with E-state index in [0.717, 1.165) is 50.5 Å². The van der Waals surface area contributed by atoms with Gasteiger partial charge in [0.2, 0.25) is 0 Å². The van der Waals surface area contributed by atoms with Crippen LogP contribution >= 0.6 is 0 Å². The smallest absolute Gasteiger partial charge is 0.308 e. The second-order valence-corrected chi connectivity index (χ2v) is 5.46. The van der Waals surface area contributed by atoms with Gasteiger partial charge in [0, 0.05) is 26.1 Å². The van der Waals surface area contributed by atoms with E-state index in [9.17, 15) is 4.79 Å². The summed E-state index contributed by atoms with van der Waals surface area (Å²) < 4.78 is 7.14. The van der Waals surface area contributed by atoms with Gasteiger partial charge in [-0.25, -0.2) is 9.67 Å². The van der Waals surface area contributed by atoms with Crippen molar-refractivity contribution < 1.29 is 14.6 Å². The zero-order valence-electron chi connectivity index (χ0n) is 10.9. The van der Waals surface area contributed by atoms with Gasteiger partial charge in [-0.2, -0.15) is 5.10 Å². The number of aryl methyl sites for hydroxylation is 1. The third-order valence-electron chi connectivity index (χ3n) is 4.06. The average molecular weight is 265 g/mol. The number of carboxylic acid groups (broad SMARTS) is 1. The lowest BCUT2D eigenvalue weighted by Crippen LogP contribution is -2.27. The minimum absolute atomic E-state index is 0.315. The Bertz CT molecular complexity index is 466. The van der Waals surface area contributed by atoms with Crippen LogP contribution in [0.5, 0.6) is 0 Å². The van der Waals surface area contributed by atoms with E-state index in [4.69, 9.17) is 9.84 Å². The molecule has 1 unspecified atom stereocenters. The molecule has 1 aromatic heterocycles. The van der Waals surface area contributed by atoms with Crippen LogP contribution in [0.15, 0.2) is 0 Å². The predicted molar refractivity (Wildman–Crippen MR) is 66.7 cm³/mol. The van der Waals surface area contributed by atoms with Crippen LogP contribution in [0.1, 0.15) is 30.9 Å². The van der Waals surface area contributed by atoms with Crippen LogP contribution in [-0.2, 0) is 28.9 Å². The van der Waals surface area contributed by atoms with Crippen molar-refractivity contribution in [3.63, 3.8) is 0 Å². The van der Waals surface area contributed by atoms with Gasteiger partial charge in [0.1, 0.15) is 5.82 Å². The van der Waals surface area contributed by atoms with E-state index in [1.165, 1.54) is 0 Å². The molecular weight excluding hydrogens is 246 g/mol. The summed E-state index contributed by atoms with van der Waals surface area (Å²) in [4.78, 5) is 15.6.